The zero-order valence-corrected chi connectivity index (χ0v) is 12.7. The number of aliphatic hydroxyl groups excluding tert-OH is 1. The molecule has 0 aliphatic rings. The average molecular weight is 302 g/mol. The summed E-state index contributed by atoms with van der Waals surface area (Å²) in [5, 5.41) is 9.84. The zero-order valence-electron chi connectivity index (χ0n) is 11.9. The molecule has 6 heteroatoms. The largest absolute Gasteiger partial charge is 0.463 e. The highest BCUT2D eigenvalue weighted by Gasteiger charge is 2.21. The number of aryl methyl sites for hydroxylation is 1. The minimum atomic E-state index is -4.37. The van der Waals surface area contributed by atoms with E-state index in [1.807, 2.05) is 6.92 Å². The van der Waals surface area contributed by atoms with Gasteiger partial charge >= 0.3 is 0 Å². The van der Waals surface area contributed by atoms with Crippen molar-refractivity contribution in [1.29, 1.82) is 0 Å². The van der Waals surface area contributed by atoms with Gasteiger partial charge in [0.15, 0.2) is 6.29 Å². The van der Waals surface area contributed by atoms with E-state index in [4.69, 9.17) is 4.74 Å². The molecule has 0 aromatic heterocycles. The van der Waals surface area contributed by atoms with Gasteiger partial charge in [-0.05, 0) is 24.5 Å². The molecule has 5 nitrogen and oxygen atoms in total. The molecule has 0 saturated heterocycles. The first-order chi connectivity index (χ1) is 9.40. The summed E-state index contributed by atoms with van der Waals surface area (Å²) in [6.07, 6.45) is 2.69. The lowest BCUT2D eigenvalue weighted by molar-refractivity contribution is -0.0271. The standard InChI is InChI=1S/C14H22O5S/c1-3-5-6-10-13(15)19-14-11(4-2)8-7-9-12(14)20(16,17)18/h7-9,13,15H,3-6,10H2,1-2H3,(H,16,17,18). The number of ether oxygens (including phenoxy) is 1. The first kappa shape index (κ1) is 16.9. The molecule has 1 rings (SSSR count). The van der Waals surface area contributed by atoms with Crippen LogP contribution in [-0.4, -0.2) is 24.4 Å². The van der Waals surface area contributed by atoms with Gasteiger partial charge < -0.3 is 9.84 Å². The van der Waals surface area contributed by atoms with Gasteiger partial charge in [-0.2, -0.15) is 8.42 Å². The summed E-state index contributed by atoms with van der Waals surface area (Å²) < 4.78 is 37.3. The zero-order chi connectivity index (χ0) is 15.2. The predicted octanol–water partition coefficient (Wildman–Crippen LogP) is 2.77. The Kier molecular flexibility index (Phi) is 6.45. The highest BCUT2D eigenvalue weighted by molar-refractivity contribution is 7.86. The summed E-state index contributed by atoms with van der Waals surface area (Å²) in [4.78, 5) is -0.300. The lowest BCUT2D eigenvalue weighted by Gasteiger charge is -2.18. The van der Waals surface area contributed by atoms with Gasteiger partial charge in [-0.25, -0.2) is 0 Å². The SMILES string of the molecule is CCCCCC(O)Oc1c(CC)cccc1S(=O)(=O)O. The van der Waals surface area contributed by atoms with E-state index in [0.717, 1.165) is 19.3 Å². The Hall–Kier alpha value is -1.11. The maximum absolute atomic E-state index is 11.4. The molecule has 1 aromatic rings. The van der Waals surface area contributed by atoms with Crippen molar-refractivity contribution in [1.82, 2.24) is 0 Å². The van der Waals surface area contributed by atoms with Gasteiger partial charge in [-0.1, -0.05) is 38.8 Å². The van der Waals surface area contributed by atoms with E-state index in [9.17, 15) is 18.1 Å². The topological polar surface area (TPSA) is 83.8 Å². The fourth-order valence-corrected chi connectivity index (χ4v) is 2.60. The van der Waals surface area contributed by atoms with Crippen LogP contribution in [0.2, 0.25) is 0 Å². The number of hydrogen-bond acceptors (Lipinski definition) is 4. The van der Waals surface area contributed by atoms with Crippen LogP contribution in [0.15, 0.2) is 23.1 Å². The lowest BCUT2D eigenvalue weighted by Crippen LogP contribution is -2.18. The van der Waals surface area contributed by atoms with E-state index < -0.39 is 16.4 Å². The normalized spacial score (nSPS) is 13.2. The van der Waals surface area contributed by atoms with Crippen molar-refractivity contribution in [3.05, 3.63) is 23.8 Å². The van der Waals surface area contributed by atoms with Crippen LogP contribution in [0.4, 0.5) is 0 Å². The molecule has 1 aromatic carbocycles. The third-order valence-corrected chi connectivity index (χ3v) is 3.91. The summed E-state index contributed by atoms with van der Waals surface area (Å²) >= 11 is 0. The number of rotatable bonds is 8. The number of hydrogen-bond donors (Lipinski definition) is 2. The Morgan fingerprint density at radius 2 is 1.95 bits per heavy atom. The highest BCUT2D eigenvalue weighted by Crippen LogP contribution is 2.29. The molecule has 0 bridgehead atoms. The van der Waals surface area contributed by atoms with Crippen LogP contribution >= 0.6 is 0 Å². The quantitative estimate of drug-likeness (QED) is 0.438. The van der Waals surface area contributed by atoms with Crippen molar-refractivity contribution in [3.63, 3.8) is 0 Å². The lowest BCUT2D eigenvalue weighted by atomic mass is 10.1. The number of para-hydroxylation sites is 1. The number of aliphatic hydroxyl groups is 1. The second kappa shape index (κ2) is 7.61. The summed E-state index contributed by atoms with van der Waals surface area (Å²) in [5.74, 6) is 0.0431. The maximum atomic E-state index is 11.4. The fourth-order valence-electron chi connectivity index (χ4n) is 1.94. The Bertz CT molecular complexity index is 524. The molecule has 1 unspecified atom stereocenters. The molecule has 1 atom stereocenters. The minimum absolute atomic E-state index is 0.0431. The average Bonchev–Trinajstić information content (AvgIpc) is 2.38. The molecule has 114 valence electrons. The van der Waals surface area contributed by atoms with Crippen molar-refractivity contribution in [2.24, 2.45) is 0 Å². The van der Waals surface area contributed by atoms with Gasteiger partial charge in [0, 0.05) is 6.42 Å². The molecular weight excluding hydrogens is 280 g/mol. The molecule has 20 heavy (non-hydrogen) atoms. The van der Waals surface area contributed by atoms with Crippen LogP contribution in [0.1, 0.15) is 45.1 Å². The molecule has 2 N–H and O–H groups in total. The van der Waals surface area contributed by atoms with Crippen molar-refractivity contribution in [2.75, 3.05) is 0 Å². The van der Waals surface area contributed by atoms with Crippen molar-refractivity contribution >= 4 is 10.1 Å². The minimum Gasteiger partial charge on any atom is -0.463 e. The molecule has 0 amide bonds. The van der Waals surface area contributed by atoms with Crippen LogP contribution in [0.5, 0.6) is 5.75 Å². The van der Waals surface area contributed by atoms with Crippen LogP contribution in [0.25, 0.3) is 0 Å². The van der Waals surface area contributed by atoms with Gasteiger partial charge in [0.05, 0.1) is 0 Å². The monoisotopic (exact) mass is 302 g/mol. The predicted molar refractivity (Wildman–Crippen MR) is 76.4 cm³/mol. The Morgan fingerprint density at radius 3 is 2.50 bits per heavy atom. The van der Waals surface area contributed by atoms with E-state index in [1.165, 1.54) is 12.1 Å². The van der Waals surface area contributed by atoms with E-state index in [-0.39, 0.29) is 10.6 Å². The smallest absolute Gasteiger partial charge is 0.298 e. The van der Waals surface area contributed by atoms with Gasteiger partial charge in [0.1, 0.15) is 10.6 Å². The van der Waals surface area contributed by atoms with Gasteiger partial charge in [-0.15, -0.1) is 0 Å². The molecule has 0 fully saturated rings. The second-order valence-corrected chi connectivity index (χ2v) is 6.03. The second-order valence-electron chi connectivity index (χ2n) is 4.64. The summed E-state index contributed by atoms with van der Waals surface area (Å²) in [6.45, 7) is 3.90. The van der Waals surface area contributed by atoms with Gasteiger partial charge in [0.2, 0.25) is 0 Å². The molecule has 0 radical (unpaired) electrons. The van der Waals surface area contributed by atoms with Gasteiger partial charge in [0.25, 0.3) is 10.1 Å². The highest BCUT2D eigenvalue weighted by atomic mass is 32.2. The first-order valence-corrected chi connectivity index (χ1v) is 8.28. The Labute approximate surface area is 120 Å². The van der Waals surface area contributed by atoms with Crippen LogP contribution < -0.4 is 4.74 Å². The van der Waals surface area contributed by atoms with Gasteiger partial charge in [-0.3, -0.25) is 4.55 Å². The van der Waals surface area contributed by atoms with E-state index in [0.29, 0.717) is 18.4 Å². The fraction of sp³-hybridized carbons (Fsp3) is 0.571. The number of unbranched alkanes of at least 4 members (excludes halogenated alkanes) is 2. The van der Waals surface area contributed by atoms with E-state index in [1.54, 1.807) is 6.07 Å². The van der Waals surface area contributed by atoms with Crippen molar-refractivity contribution in [3.8, 4) is 5.75 Å². The van der Waals surface area contributed by atoms with E-state index >= 15 is 0 Å². The Balaban J connectivity index is 2.97. The summed E-state index contributed by atoms with van der Waals surface area (Å²) in [5.41, 5.74) is 0.634. The summed E-state index contributed by atoms with van der Waals surface area (Å²) in [7, 11) is -4.37. The van der Waals surface area contributed by atoms with Crippen LogP contribution in [-0.2, 0) is 16.5 Å². The number of benzene rings is 1. The molecule has 0 aliphatic carbocycles. The summed E-state index contributed by atoms with van der Waals surface area (Å²) in [6, 6.07) is 4.52. The van der Waals surface area contributed by atoms with E-state index in [2.05, 4.69) is 6.92 Å². The van der Waals surface area contributed by atoms with Crippen LogP contribution in [0.3, 0.4) is 0 Å². The Morgan fingerprint density at radius 1 is 1.25 bits per heavy atom. The molecule has 0 heterocycles. The molecule has 0 aliphatic heterocycles. The van der Waals surface area contributed by atoms with Crippen molar-refractivity contribution < 1.29 is 22.8 Å². The third kappa shape index (κ3) is 4.77. The van der Waals surface area contributed by atoms with Crippen molar-refractivity contribution in [2.45, 2.75) is 57.1 Å². The maximum Gasteiger partial charge on any atom is 0.298 e. The molecule has 0 saturated carbocycles. The third-order valence-electron chi connectivity index (χ3n) is 3.03. The van der Waals surface area contributed by atoms with Crippen LogP contribution in [0, 0.1) is 0 Å². The molecular formula is C14H22O5S. The first-order valence-electron chi connectivity index (χ1n) is 6.84. The molecule has 0 spiro atoms.